The van der Waals surface area contributed by atoms with Gasteiger partial charge in [0.2, 0.25) is 0 Å². The van der Waals surface area contributed by atoms with Gasteiger partial charge in [0, 0.05) is 0 Å². The fourth-order valence-electron chi connectivity index (χ4n) is 5.23. The number of rotatable bonds is 15. The van der Waals surface area contributed by atoms with Crippen molar-refractivity contribution in [2.45, 2.75) is 108 Å². The summed E-state index contributed by atoms with van der Waals surface area (Å²) in [4.78, 5) is 21.6. The van der Waals surface area contributed by atoms with Crippen LogP contribution in [0.5, 0.6) is 0 Å². The Morgan fingerprint density at radius 3 is 1.48 bits per heavy atom. The first kappa shape index (κ1) is 33.3. The second-order valence-electron chi connectivity index (χ2n) is 13.4. The maximum absolute atomic E-state index is 2.64. The second kappa shape index (κ2) is 14.9. The molecule has 0 aliphatic rings. The number of aryl methyl sites for hydroxylation is 2. The van der Waals surface area contributed by atoms with E-state index < -0.39 is 36.8 Å². The summed E-state index contributed by atoms with van der Waals surface area (Å²) >= 11 is 3.90. The van der Waals surface area contributed by atoms with E-state index in [1.807, 2.05) is 22.7 Å². The summed E-state index contributed by atoms with van der Waals surface area (Å²) in [6.45, 7) is 4.63. The topological polar surface area (TPSA) is 0 Å². The SMILES string of the molecule is CCCCCCc1c[c]([Sn]([CH3])([CH3])[CH3])sc1-c1ccsc1-c1ccsc1-c1s[c]([Sn]([CH3])([CH3])[CH3])cc1CCCCCC. The van der Waals surface area contributed by atoms with Gasteiger partial charge in [-0.05, 0) is 0 Å². The molecule has 0 aromatic carbocycles. The molecule has 0 nitrogen and oxygen atoms in total. The average Bonchev–Trinajstić information content (AvgIpc) is 3.68. The first-order valence-electron chi connectivity index (χ1n) is 15.5. The van der Waals surface area contributed by atoms with Gasteiger partial charge in [0.25, 0.3) is 0 Å². The third kappa shape index (κ3) is 8.31. The number of unbranched alkanes of at least 4 members (excludes halogenated alkanes) is 6. The molecule has 0 radical (unpaired) electrons. The van der Waals surface area contributed by atoms with Gasteiger partial charge in [-0.15, -0.1) is 0 Å². The zero-order valence-corrected chi connectivity index (χ0v) is 35.1. The van der Waals surface area contributed by atoms with Gasteiger partial charge in [0.05, 0.1) is 0 Å². The molecule has 218 valence electrons. The van der Waals surface area contributed by atoms with Crippen molar-refractivity contribution in [2.24, 2.45) is 0 Å². The van der Waals surface area contributed by atoms with Gasteiger partial charge in [-0.2, -0.15) is 0 Å². The van der Waals surface area contributed by atoms with E-state index in [4.69, 9.17) is 0 Å². The Morgan fingerprint density at radius 2 is 0.975 bits per heavy atom. The molecule has 6 heteroatoms. The van der Waals surface area contributed by atoms with Gasteiger partial charge in [0.15, 0.2) is 0 Å². The zero-order valence-electron chi connectivity index (χ0n) is 26.2. The van der Waals surface area contributed by atoms with Crippen molar-refractivity contribution >= 4 is 87.9 Å². The predicted molar refractivity (Wildman–Crippen MR) is 196 cm³/mol. The minimum atomic E-state index is -2.16. The molecule has 0 fully saturated rings. The molecule has 4 aromatic heterocycles. The van der Waals surface area contributed by atoms with E-state index in [0.29, 0.717) is 0 Å². The molecule has 0 aliphatic carbocycles. The Labute approximate surface area is 269 Å². The quantitative estimate of drug-likeness (QED) is 0.0828. The van der Waals surface area contributed by atoms with Crippen molar-refractivity contribution in [2.75, 3.05) is 0 Å². The average molecular weight is 824 g/mol. The van der Waals surface area contributed by atoms with E-state index in [0.717, 1.165) is 0 Å². The Bertz CT molecular complexity index is 1250. The van der Waals surface area contributed by atoms with Crippen LogP contribution < -0.4 is 5.79 Å². The van der Waals surface area contributed by atoms with Gasteiger partial charge in [-0.3, -0.25) is 0 Å². The van der Waals surface area contributed by atoms with E-state index in [9.17, 15) is 0 Å². The normalized spacial score (nSPS) is 12.5. The second-order valence-corrected chi connectivity index (χ2v) is 48.1. The Kier molecular flexibility index (Phi) is 12.4. The minimum absolute atomic E-state index is 1.23. The molecule has 0 bridgehead atoms. The summed E-state index contributed by atoms with van der Waals surface area (Å²) in [6.07, 6.45) is 13.1. The molecular formula is C34H50S4Sn2. The molecule has 0 saturated carbocycles. The van der Waals surface area contributed by atoms with E-state index in [1.54, 1.807) is 26.7 Å². The standard InChI is InChI=1S/C28H32S4.6CH3.2Sn/c1-3-5-7-9-11-21-13-17-29-25(21)23-15-19-31-27(23)24-16-20-32-28(24)26-22(14-18-30-26)12-10-8-6-4-2;;;;;;;;/h13-16,19-20H,3-12H2,1-2H3;6*1H3;;. The Balaban J connectivity index is 1.75. The van der Waals surface area contributed by atoms with Crippen LogP contribution in [0.1, 0.15) is 76.3 Å². The van der Waals surface area contributed by atoms with Crippen LogP contribution in [0.2, 0.25) is 29.6 Å². The third-order valence-corrected chi connectivity index (χ3v) is 31.0. The molecule has 4 rings (SSSR count). The fraction of sp³-hybridized carbons (Fsp3) is 0.529. The predicted octanol–water partition coefficient (Wildman–Crippen LogP) is 12.3. The summed E-state index contributed by atoms with van der Waals surface area (Å²) < 4.78 is 3.46. The molecule has 0 unspecified atom stereocenters. The monoisotopic (exact) mass is 826 g/mol. The van der Waals surface area contributed by atoms with Crippen LogP contribution in [-0.4, -0.2) is 36.8 Å². The molecule has 0 aliphatic heterocycles. The summed E-state index contributed by atoms with van der Waals surface area (Å²) in [5.41, 5.74) is 6.23. The zero-order chi connectivity index (χ0) is 28.9. The van der Waals surface area contributed by atoms with Gasteiger partial charge in [0.1, 0.15) is 0 Å². The maximum atomic E-state index is 2.64. The van der Waals surface area contributed by atoms with Gasteiger partial charge in [-0.25, -0.2) is 0 Å². The molecule has 4 heterocycles. The van der Waals surface area contributed by atoms with Crippen molar-refractivity contribution in [1.29, 1.82) is 0 Å². The fourth-order valence-corrected chi connectivity index (χ4v) is 20.4. The van der Waals surface area contributed by atoms with Crippen molar-refractivity contribution < 1.29 is 0 Å². The molecule has 0 atom stereocenters. The van der Waals surface area contributed by atoms with Crippen molar-refractivity contribution in [3.63, 3.8) is 0 Å². The number of hydrogen-bond acceptors (Lipinski definition) is 4. The van der Waals surface area contributed by atoms with Crippen LogP contribution in [0.4, 0.5) is 0 Å². The van der Waals surface area contributed by atoms with Crippen molar-refractivity contribution in [1.82, 2.24) is 0 Å². The van der Waals surface area contributed by atoms with E-state index >= 15 is 0 Å². The van der Waals surface area contributed by atoms with Crippen LogP contribution in [0.3, 0.4) is 0 Å². The van der Waals surface area contributed by atoms with E-state index in [1.165, 1.54) is 85.1 Å². The van der Waals surface area contributed by atoms with E-state index in [-0.39, 0.29) is 0 Å². The van der Waals surface area contributed by atoms with Crippen molar-refractivity contribution in [3.05, 3.63) is 46.2 Å². The number of hydrogen-bond donors (Lipinski definition) is 0. The number of thiophene rings is 4. The van der Waals surface area contributed by atoms with Crippen LogP contribution >= 0.6 is 45.3 Å². The van der Waals surface area contributed by atoms with Crippen LogP contribution in [-0.2, 0) is 12.8 Å². The molecule has 0 N–H and O–H groups in total. The molecule has 0 saturated heterocycles. The molecule has 0 spiro atoms. The van der Waals surface area contributed by atoms with Gasteiger partial charge >= 0.3 is 272 Å². The van der Waals surface area contributed by atoms with Crippen LogP contribution in [0.15, 0.2) is 35.0 Å². The Hall–Kier alpha value is 0.397. The first-order chi connectivity index (χ1) is 19.0. The van der Waals surface area contributed by atoms with Gasteiger partial charge < -0.3 is 0 Å². The molecule has 40 heavy (non-hydrogen) atoms. The third-order valence-electron chi connectivity index (χ3n) is 7.72. The molecular weight excluding hydrogens is 774 g/mol. The summed E-state index contributed by atoms with van der Waals surface area (Å²) in [5, 5.41) is 4.70. The van der Waals surface area contributed by atoms with Gasteiger partial charge in [-0.1, -0.05) is 0 Å². The summed E-state index contributed by atoms with van der Waals surface area (Å²) in [5.74, 6) is 0. The summed E-state index contributed by atoms with van der Waals surface area (Å²) in [6, 6.07) is 10.1. The molecule has 4 aromatic rings. The van der Waals surface area contributed by atoms with Crippen molar-refractivity contribution in [3.8, 4) is 30.6 Å². The molecule has 0 amide bonds. The summed E-state index contributed by atoms with van der Waals surface area (Å²) in [7, 11) is 0. The first-order valence-corrected chi connectivity index (χ1v) is 38.8. The van der Waals surface area contributed by atoms with Crippen LogP contribution in [0.25, 0.3) is 30.6 Å². The van der Waals surface area contributed by atoms with Crippen LogP contribution in [0, 0.1) is 0 Å². The Morgan fingerprint density at radius 1 is 0.525 bits per heavy atom. The van der Waals surface area contributed by atoms with E-state index in [2.05, 4.69) is 101 Å².